The molecule has 1 aromatic heterocycles. The molecule has 0 saturated heterocycles. The Morgan fingerprint density at radius 3 is 2.27 bits per heavy atom. The van der Waals surface area contributed by atoms with Crippen molar-refractivity contribution in [2.45, 2.75) is 25.7 Å². The van der Waals surface area contributed by atoms with Crippen molar-refractivity contribution in [1.82, 2.24) is 10.1 Å². The molecule has 8 heteroatoms. The molecule has 0 aliphatic heterocycles. The molecular formula is C18H19N3O4S. The van der Waals surface area contributed by atoms with E-state index in [0.29, 0.717) is 28.7 Å². The van der Waals surface area contributed by atoms with Gasteiger partial charge in [0.05, 0.1) is 7.11 Å². The van der Waals surface area contributed by atoms with Crippen LogP contribution in [-0.4, -0.2) is 25.7 Å². The Morgan fingerprint density at radius 1 is 1.04 bits per heavy atom. The molecule has 0 fully saturated rings. The molecule has 7 nitrogen and oxygen atoms in total. The lowest BCUT2D eigenvalue weighted by Crippen LogP contribution is -2.14. The summed E-state index contributed by atoms with van der Waals surface area (Å²) in [5, 5.41) is 3.74. The first-order valence-electron chi connectivity index (χ1n) is 7.89. The third kappa shape index (κ3) is 3.55. The average molecular weight is 373 g/mol. The van der Waals surface area contributed by atoms with Crippen LogP contribution in [0.5, 0.6) is 5.75 Å². The lowest BCUT2D eigenvalue weighted by atomic mass is 10.1. The quantitative estimate of drug-likeness (QED) is 0.736. The van der Waals surface area contributed by atoms with Gasteiger partial charge >= 0.3 is 0 Å². The number of sulfonamides is 1. The third-order valence-corrected chi connectivity index (χ3v) is 5.38. The molecule has 0 radical (unpaired) electrons. The highest BCUT2D eigenvalue weighted by atomic mass is 32.2. The number of methoxy groups -OCH3 is 1. The van der Waals surface area contributed by atoms with Crippen molar-refractivity contribution in [3.63, 3.8) is 0 Å². The number of anilines is 1. The van der Waals surface area contributed by atoms with E-state index < -0.39 is 10.0 Å². The highest BCUT2D eigenvalue weighted by Crippen LogP contribution is 2.29. The first-order valence-corrected chi connectivity index (χ1v) is 9.37. The molecule has 3 aromatic rings. The van der Waals surface area contributed by atoms with Gasteiger partial charge in [-0.25, -0.2) is 8.42 Å². The Labute approximate surface area is 152 Å². The fourth-order valence-electron chi connectivity index (χ4n) is 2.44. The molecule has 0 saturated carbocycles. The Kier molecular flexibility index (Phi) is 4.69. The summed E-state index contributed by atoms with van der Waals surface area (Å²) in [7, 11) is -2.35. The summed E-state index contributed by atoms with van der Waals surface area (Å²) >= 11 is 0. The summed E-state index contributed by atoms with van der Waals surface area (Å²) in [5.74, 6) is 1.22. The van der Waals surface area contributed by atoms with E-state index in [-0.39, 0.29) is 4.90 Å². The number of nitrogens with zero attached hydrogens (tertiary/aromatic N) is 2. The van der Waals surface area contributed by atoms with Gasteiger partial charge in [-0.3, -0.25) is 4.72 Å². The number of benzene rings is 2. The second kappa shape index (κ2) is 6.80. The van der Waals surface area contributed by atoms with Crippen LogP contribution in [0.3, 0.4) is 0 Å². The van der Waals surface area contributed by atoms with E-state index in [1.54, 1.807) is 43.3 Å². The maximum Gasteiger partial charge on any atom is 0.265 e. The molecule has 0 spiro atoms. The van der Waals surface area contributed by atoms with Crippen molar-refractivity contribution < 1.29 is 17.7 Å². The summed E-state index contributed by atoms with van der Waals surface area (Å²) in [6.07, 6.45) is 0. The molecule has 3 rings (SSSR count). The Balaban J connectivity index is 1.89. The zero-order valence-electron chi connectivity index (χ0n) is 14.9. The van der Waals surface area contributed by atoms with E-state index in [0.717, 1.165) is 11.1 Å². The molecular weight excluding hydrogens is 354 g/mol. The Hall–Kier alpha value is -2.87. The number of rotatable bonds is 5. The van der Waals surface area contributed by atoms with Crippen LogP contribution in [0.2, 0.25) is 0 Å². The predicted octanol–water partition coefficient (Wildman–Crippen LogP) is 3.47. The van der Waals surface area contributed by atoms with E-state index in [1.165, 1.54) is 7.11 Å². The van der Waals surface area contributed by atoms with E-state index in [9.17, 15) is 8.42 Å². The van der Waals surface area contributed by atoms with Crippen LogP contribution in [0, 0.1) is 20.8 Å². The average Bonchev–Trinajstić information content (AvgIpc) is 3.03. The van der Waals surface area contributed by atoms with E-state index in [4.69, 9.17) is 9.26 Å². The van der Waals surface area contributed by atoms with Crippen LogP contribution in [0.1, 0.15) is 17.0 Å². The second-order valence-corrected chi connectivity index (χ2v) is 7.57. The zero-order valence-corrected chi connectivity index (χ0v) is 15.7. The van der Waals surface area contributed by atoms with Gasteiger partial charge in [-0.1, -0.05) is 5.16 Å². The maximum atomic E-state index is 12.8. The second-order valence-electron chi connectivity index (χ2n) is 5.92. The van der Waals surface area contributed by atoms with Gasteiger partial charge in [-0.15, -0.1) is 0 Å². The summed E-state index contributed by atoms with van der Waals surface area (Å²) in [5.41, 5.74) is 2.95. The van der Waals surface area contributed by atoms with Crippen LogP contribution in [0.4, 0.5) is 5.69 Å². The van der Waals surface area contributed by atoms with E-state index >= 15 is 0 Å². The van der Waals surface area contributed by atoms with Crippen molar-refractivity contribution in [3.05, 3.63) is 53.3 Å². The zero-order chi connectivity index (χ0) is 18.9. The van der Waals surface area contributed by atoms with Gasteiger partial charge in [-0.2, -0.15) is 4.98 Å². The number of nitrogens with one attached hydrogen (secondary N) is 1. The predicted molar refractivity (Wildman–Crippen MR) is 97.7 cm³/mol. The third-order valence-electron chi connectivity index (χ3n) is 3.98. The topological polar surface area (TPSA) is 94.3 Å². The number of hydrogen-bond acceptors (Lipinski definition) is 6. The molecule has 1 heterocycles. The minimum absolute atomic E-state index is 0.0969. The summed E-state index contributed by atoms with van der Waals surface area (Å²) < 4.78 is 38.4. The molecule has 0 amide bonds. The van der Waals surface area contributed by atoms with Crippen LogP contribution < -0.4 is 9.46 Å². The Bertz CT molecular complexity index is 1040. The summed E-state index contributed by atoms with van der Waals surface area (Å²) in [4.78, 5) is 4.24. The number of aromatic nitrogens is 2. The van der Waals surface area contributed by atoms with Crippen molar-refractivity contribution in [2.24, 2.45) is 0 Å². The molecule has 2 aromatic carbocycles. The van der Waals surface area contributed by atoms with Gasteiger partial charge in [-0.05, 0) is 68.3 Å². The van der Waals surface area contributed by atoms with E-state index in [2.05, 4.69) is 14.9 Å². The number of aryl methyl sites for hydroxylation is 3. The van der Waals surface area contributed by atoms with Crippen molar-refractivity contribution in [1.29, 1.82) is 0 Å². The first-order chi connectivity index (χ1) is 12.3. The molecule has 1 N–H and O–H groups in total. The summed E-state index contributed by atoms with van der Waals surface area (Å²) in [6, 6.07) is 10.0. The minimum Gasteiger partial charge on any atom is -0.495 e. The molecule has 0 unspecified atom stereocenters. The molecule has 0 aliphatic carbocycles. The van der Waals surface area contributed by atoms with Gasteiger partial charge in [0.25, 0.3) is 15.9 Å². The van der Waals surface area contributed by atoms with Crippen LogP contribution in [0.25, 0.3) is 11.5 Å². The number of hydrogen-bond donors (Lipinski definition) is 1. The molecule has 136 valence electrons. The first kappa shape index (κ1) is 17.9. The van der Waals surface area contributed by atoms with Crippen molar-refractivity contribution in [2.75, 3.05) is 11.8 Å². The van der Waals surface area contributed by atoms with Crippen LogP contribution in [0.15, 0.2) is 45.8 Å². The number of ether oxygens (including phenoxy) is 1. The van der Waals surface area contributed by atoms with Crippen LogP contribution in [-0.2, 0) is 10.0 Å². The van der Waals surface area contributed by atoms with E-state index in [1.807, 2.05) is 13.8 Å². The van der Waals surface area contributed by atoms with Crippen molar-refractivity contribution in [3.8, 4) is 17.2 Å². The molecule has 26 heavy (non-hydrogen) atoms. The van der Waals surface area contributed by atoms with Gasteiger partial charge in [0.15, 0.2) is 5.82 Å². The molecule has 0 bridgehead atoms. The fourth-order valence-corrected chi connectivity index (χ4v) is 3.73. The largest absolute Gasteiger partial charge is 0.495 e. The molecule has 0 atom stereocenters. The monoisotopic (exact) mass is 373 g/mol. The lowest BCUT2D eigenvalue weighted by Gasteiger charge is -2.14. The maximum absolute atomic E-state index is 12.8. The SMILES string of the molecule is COc1cc(C)c(C)cc1S(=O)(=O)Nc1ccc(-c2nc(C)no2)cc1. The minimum atomic E-state index is -3.80. The normalized spacial score (nSPS) is 11.4. The van der Waals surface area contributed by atoms with Gasteiger partial charge in [0.1, 0.15) is 10.6 Å². The van der Waals surface area contributed by atoms with Gasteiger partial charge in [0.2, 0.25) is 0 Å². The van der Waals surface area contributed by atoms with Crippen LogP contribution >= 0.6 is 0 Å². The highest BCUT2D eigenvalue weighted by Gasteiger charge is 2.21. The Morgan fingerprint density at radius 2 is 1.69 bits per heavy atom. The highest BCUT2D eigenvalue weighted by molar-refractivity contribution is 7.92. The molecule has 0 aliphatic rings. The summed E-state index contributed by atoms with van der Waals surface area (Å²) in [6.45, 7) is 5.49. The standard InChI is InChI=1S/C18H19N3O4S/c1-11-9-16(24-4)17(10-12(11)2)26(22,23)21-15-7-5-14(6-8-15)18-19-13(3)20-25-18/h5-10,21H,1-4H3. The van der Waals surface area contributed by atoms with Crippen molar-refractivity contribution >= 4 is 15.7 Å². The van der Waals surface area contributed by atoms with Gasteiger partial charge < -0.3 is 9.26 Å². The lowest BCUT2D eigenvalue weighted by molar-refractivity contribution is 0.402. The smallest absolute Gasteiger partial charge is 0.265 e. The fraction of sp³-hybridized carbons (Fsp3) is 0.222. The van der Waals surface area contributed by atoms with Gasteiger partial charge in [0, 0.05) is 11.3 Å².